The van der Waals surface area contributed by atoms with Crippen LogP contribution < -0.4 is 4.90 Å². The number of carbonyl (C=O) groups is 1. The minimum Gasteiger partial charge on any atom is -0.315 e. The van der Waals surface area contributed by atoms with Crippen molar-refractivity contribution in [3.8, 4) is 0 Å². The first kappa shape index (κ1) is 14.3. The molecule has 1 amide bonds. The van der Waals surface area contributed by atoms with Gasteiger partial charge in [0, 0.05) is 18.7 Å². The summed E-state index contributed by atoms with van der Waals surface area (Å²) in [4.78, 5) is 14.0. The molecule has 0 aliphatic heterocycles. The van der Waals surface area contributed by atoms with Gasteiger partial charge in [0.25, 0.3) is 0 Å². The average molecular weight is 271 g/mol. The highest BCUT2D eigenvalue weighted by Gasteiger charge is 2.18. The zero-order valence-electron chi connectivity index (χ0n) is 11.7. The Morgan fingerprint density at radius 2 is 1.70 bits per heavy atom. The molecule has 3 heteroatoms. The molecule has 0 saturated carbocycles. The van der Waals surface area contributed by atoms with Crippen molar-refractivity contribution in [3.63, 3.8) is 0 Å². The van der Waals surface area contributed by atoms with Gasteiger partial charge in [-0.05, 0) is 36.2 Å². The molecule has 0 heterocycles. The van der Waals surface area contributed by atoms with Gasteiger partial charge in [-0.2, -0.15) is 0 Å². The van der Waals surface area contributed by atoms with Crippen molar-refractivity contribution >= 4 is 11.6 Å². The maximum atomic E-state index is 12.9. The molecule has 2 aromatic rings. The lowest BCUT2D eigenvalue weighted by Gasteiger charge is -2.21. The van der Waals surface area contributed by atoms with E-state index in [1.807, 2.05) is 37.3 Å². The molecule has 0 N–H and O–H groups in total. The number of hydrogen-bond donors (Lipinski definition) is 0. The summed E-state index contributed by atoms with van der Waals surface area (Å²) in [5.74, 6) is -0.347. The largest absolute Gasteiger partial charge is 0.315 e. The Balaban J connectivity index is 2.03. The summed E-state index contributed by atoms with van der Waals surface area (Å²) in [5.41, 5.74) is 1.84. The Hall–Kier alpha value is -2.16. The van der Waals surface area contributed by atoms with Gasteiger partial charge in [0.2, 0.25) is 5.91 Å². The molecule has 0 aromatic heterocycles. The van der Waals surface area contributed by atoms with Crippen LogP contribution in [-0.2, 0) is 11.2 Å². The van der Waals surface area contributed by atoms with E-state index in [1.54, 1.807) is 24.1 Å². The zero-order valence-corrected chi connectivity index (χ0v) is 11.7. The number of para-hydroxylation sites is 1. The second-order valence-electron chi connectivity index (χ2n) is 4.96. The first-order valence-corrected chi connectivity index (χ1v) is 6.65. The molecule has 2 nitrogen and oxygen atoms in total. The van der Waals surface area contributed by atoms with Crippen LogP contribution in [0.15, 0.2) is 54.6 Å². The van der Waals surface area contributed by atoms with Crippen LogP contribution in [0.5, 0.6) is 0 Å². The van der Waals surface area contributed by atoms with Crippen LogP contribution >= 0.6 is 0 Å². The summed E-state index contributed by atoms with van der Waals surface area (Å²) in [6.45, 7) is 1.89. The summed E-state index contributed by atoms with van der Waals surface area (Å²) in [6.07, 6.45) is 0.607. The fourth-order valence-electron chi connectivity index (χ4n) is 2.17. The van der Waals surface area contributed by atoms with Crippen LogP contribution in [0.1, 0.15) is 12.5 Å². The van der Waals surface area contributed by atoms with E-state index in [0.717, 1.165) is 11.3 Å². The molecule has 1 atom stereocenters. The summed E-state index contributed by atoms with van der Waals surface area (Å²) in [7, 11) is 1.78. The number of hydrogen-bond acceptors (Lipinski definition) is 1. The lowest BCUT2D eigenvalue weighted by atomic mass is 9.99. The van der Waals surface area contributed by atoms with Crippen LogP contribution in [0, 0.1) is 11.7 Å². The van der Waals surface area contributed by atoms with Crippen molar-refractivity contribution in [2.24, 2.45) is 5.92 Å². The number of anilines is 1. The van der Waals surface area contributed by atoms with Crippen molar-refractivity contribution in [3.05, 3.63) is 66.0 Å². The third kappa shape index (κ3) is 3.44. The van der Waals surface area contributed by atoms with Crippen LogP contribution in [0.4, 0.5) is 10.1 Å². The molecule has 2 rings (SSSR count). The SMILES string of the molecule is CC(Cc1ccc(F)cc1)C(=O)N(C)c1ccccc1. The molecule has 0 aliphatic carbocycles. The Bertz CT molecular complexity index is 565. The third-order valence-electron chi connectivity index (χ3n) is 3.35. The molecule has 104 valence electrons. The number of carbonyl (C=O) groups excluding carboxylic acids is 1. The van der Waals surface area contributed by atoms with Gasteiger partial charge in [-0.15, -0.1) is 0 Å². The van der Waals surface area contributed by atoms with Crippen LogP contribution in [-0.4, -0.2) is 13.0 Å². The van der Waals surface area contributed by atoms with E-state index >= 15 is 0 Å². The molecule has 0 fully saturated rings. The molecule has 2 aromatic carbocycles. The van der Waals surface area contributed by atoms with Gasteiger partial charge in [0.15, 0.2) is 0 Å². The van der Waals surface area contributed by atoms with Crippen molar-refractivity contribution < 1.29 is 9.18 Å². The molecule has 20 heavy (non-hydrogen) atoms. The Morgan fingerprint density at radius 3 is 2.30 bits per heavy atom. The monoisotopic (exact) mass is 271 g/mol. The van der Waals surface area contributed by atoms with Crippen molar-refractivity contribution in [2.45, 2.75) is 13.3 Å². The predicted molar refractivity (Wildman–Crippen MR) is 79.1 cm³/mol. The number of amides is 1. The fourth-order valence-corrected chi connectivity index (χ4v) is 2.17. The number of benzene rings is 2. The average Bonchev–Trinajstić information content (AvgIpc) is 2.49. The molecule has 0 spiro atoms. The Kier molecular flexibility index (Phi) is 4.51. The van der Waals surface area contributed by atoms with Crippen molar-refractivity contribution in [2.75, 3.05) is 11.9 Å². The van der Waals surface area contributed by atoms with E-state index in [4.69, 9.17) is 0 Å². The first-order valence-electron chi connectivity index (χ1n) is 6.65. The van der Waals surface area contributed by atoms with E-state index < -0.39 is 0 Å². The zero-order chi connectivity index (χ0) is 14.5. The van der Waals surface area contributed by atoms with Gasteiger partial charge < -0.3 is 4.90 Å². The third-order valence-corrected chi connectivity index (χ3v) is 3.35. The van der Waals surface area contributed by atoms with Crippen LogP contribution in [0.2, 0.25) is 0 Å². The lowest BCUT2D eigenvalue weighted by molar-refractivity contribution is -0.121. The maximum absolute atomic E-state index is 12.9. The molecule has 0 radical (unpaired) electrons. The van der Waals surface area contributed by atoms with Crippen LogP contribution in [0.25, 0.3) is 0 Å². The lowest BCUT2D eigenvalue weighted by Crippen LogP contribution is -2.32. The number of nitrogens with zero attached hydrogens (tertiary/aromatic N) is 1. The van der Waals surface area contributed by atoms with Gasteiger partial charge in [0.05, 0.1) is 0 Å². The van der Waals surface area contributed by atoms with E-state index in [1.165, 1.54) is 12.1 Å². The second-order valence-corrected chi connectivity index (χ2v) is 4.96. The summed E-state index contributed by atoms with van der Waals surface area (Å²) >= 11 is 0. The molecular weight excluding hydrogens is 253 g/mol. The van der Waals surface area contributed by atoms with Crippen molar-refractivity contribution in [1.82, 2.24) is 0 Å². The number of halogens is 1. The summed E-state index contributed by atoms with van der Waals surface area (Å²) in [6, 6.07) is 15.8. The van der Waals surface area contributed by atoms with Gasteiger partial charge >= 0.3 is 0 Å². The van der Waals surface area contributed by atoms with Gasteiger partial charge in [0.1, 0.15) is 5.82 Å². The van der Waals surface area contributed by atoms with Crippen molar-refractivity contribution in [1.29, 1.82) is 0 Å². The second kappa shape index (κ2) is 6.33. The minimum atomic E-state index is -0.255. The van der Waals surface area contributed by atoms with Gasteiger partial charge in [-0.1, -0.05) is 37.3 Å². The highest BCUT2D eigenvalue weighted by molar-refractivity contribution is 5.94. The first-order chi connectivity index (χ1) is 9.58. The normalized spacial score (nSPS) is 11.9. The highest BCUT2D eigenvalue weighted by Crippen LogP contribution is 2.17. The Labute approximate surface area is 118 Å². The summed E-state index contributed by atoms with van der Waals surface area (Å²) in [5, 5.41) is 0. The molecular formula is C17H18FNO. The molecule has 0 saturated heterocycles. The molecule has 1 unspecified atom stereocenters. The fraction of sp³-hybridized carbons (Fsp3) is 0.235. The van der Waals surface area contributed by atoms with E-state index in [-0.39, 0.29) is 17.6 Å². The standard InChI is InChI=1S/C17H18FNO/c1-13(12-14-8-10-15(18)11-9-14)17(20)19(2)16-6-4-3-5-7-16/h3-11,13H,12H2,1-2H3. The number of rotatable bonds is 4. The van der Waals surface area contributed by atoms with Crippen LogP contribution in [0.3, 0.4) is 0 Å². The Morgan fingerprint density at radius 1 is 1.10 bits per heavy atom. The quantitative estimate of drug-likeness (QED) is 0.831. The topological polar surface area (TPSA) is 20.3 Å². The molecule has 0 bridgehead atoms. The maximum Gasteiger partial charge on any atom is 0.229 e. The van der Waals surface area contributed by atoms with E-state index in [2.05, 4.69) is 0 Å². The molecule has 0 aliphatic rings. The minimum absolute atomic E-state index is 0.0560. The van der Waals surface area contributed by atoms with E-state index in [0.29, 0.717) is 6.42 Å². The smallest absolute Gasteiger partial charge is 0.229 e. The van der Waals surface area contributed by atoms with E-state index in [9.17, 15) is 9.18 Å². The van der Waals surface area contributed by atoms with Gasteiger partial charge in [-0.25, -0.2) is 4.39 Å². The predicted octanol–water partition coefficient (Wildman–Crippen LogP) is 3.67. The van der Waals surface area contributed by atoms with Gasteiger partial charge in [-0.3, -0.25) is 4.79 Å². The summed E-state index contributed by atoms with van der Waals surface area (Å²) < 4.78 is 12.9. The highest BCUT2D eigenvalue weighted by atomic mass is 19.1.